The highest BCUT2D eigenvalue weighted by molar-refractivity contribution is 5.76. The number of aromatic amines is 1. The van der Waals surface area contributed by atoms with E-state index in [9.17, 15) is 9.59 Å². The predicted molar refractivity (Wildman–Crippen MR) is 30.7 cm³/mol. The Morgan fingerprint density at radius 2 is 2.40 bits per heavy atom. The van der Waals surface area contributed by atoms with Gasteiger partial charge in [-0.3, -0.25) is 14.7 Å². The molecule has 0 saturated heterocycles. The molecule has 0 aliphatic heterocycles. The van der Waals surface area contributed by atoms with Crippen LogP contribution in [0.2, 0.25) is 0 Å². The van der Waals surface area contributed by atoms with Crippen molar-refractivity contribution in [2.75, 3.05) is 0 Å². The minimum atomic E-state index is 0.144. The molecule has 5 heteroatoms. The van der Waals surface area contributed by atoms with E-state index in [2.05, 4.69) is 14.9 Å². The molecule has 0 atom stereocenters. The highest BCUT2D eigenvalue weighted by Crippen LogP contribution is 2.10. The summed E-state index contributed by atoms with van der Waals surface area (Å²) < 4.78 is 4.36. The van der Waals surface area contributed by atoms with Crippen molar-refractivity contribution in [1.29, 1.82) is 0 Å². The zero-order valence-corrected chi connectivity index (χ0v) is 4.90. The third-order valence-electron chi connectivity index (χ3n) is 0.925. The lowest BCUT2D eigenvalue weighted by atomic mass is 10.4. The fourth-order valence-corrected chi connectivity index (χ4v) is 0.515. The van der Waals surface area contributed by atoms with Crippen molar-refractivity contribution in [3.8, 4) is 5.75 Å². The summed E-state index contributed by atoms with van der Waals surface area (Å²) in [6.07, 6.45) is 1.77. The molecule has 1 heterocycles. The van der Waals surface area contributed by atoms with E-state index >= 15 is 0 Å². The first kappa shape index (κ1) is 6.47. The first-order valence-electron chi connectivity index (χ1n) is 2.47. The highest BCUT2D eigenvalue weighted by atomic mass is 16.5. The van der Waals surface area contributed by atoms with Gasteiger partial charge in [-0.25, -0.2) is 0 Å². The van der Waals surface area contributed by atoms with E-state index in [0.717, 1.165) is 0 Å². The maximum absolute atomic E-state index is 10.1. The van der Waals surface area contributed by atoms with Crippen molar-refractivity contribution in [2.24, 2.45) is 0 Å². The Labute approximate surface area is 56.0 Å². The SMILES string of the molecule is O=COc1cn[nH]c1C=O. The summed E-state index contributed by atoms with van der Waals surface area (Å²) in [7, 11) is 0. The molecular weight excluding hydrogens is 136 g/mol. The number of aldehydes is 1. The van der Waals surface area contributed by atoms with Gasteiger partial charge in [0.05, 0.1) is 6.20 Å². The maximum Gasteiger partial charge on any atom is 0.298 e. The van der Waals surface area contributed by atoms with Crippen LogP contribution in [-0.2, 0) is 4.79 Å². The van der Waals surface area contributed by atoms with Crippen molar-refractivity contribution in [3.05, 3.63) is 11.9 Å². The van der Waals surface area contributed by atoms with E-state index in [1.165, 1.54) is 6.20 Å². The monoisotopic (exact) mass is 140 g/mol. The smallest absolute Gasteiger partial charge is 0.298 e. The molecule has 10 heavy (non-hydrogen) atoms. The lowest BCUT2D eigenvalue weighted by molar-refractivity contribution is -0.120. The summed E-state index contributed by atoms with van der Waals surface area (Å²) in [5, 5.41) is 5.81. The number of nitrogens with one attached hydrogen (secondary N) is 1. The molecule has 0 aliphatic rings. The largest absolute Gasteiger partial charge is 0.425 e. The molecule has 0 spiro atoms. The zero-order valence-electron chi connectivity index (χ0n) is 4.90. The number of hydrogen-bond acceptors (Lipinski definition) is 4. The number of carbonyl (C=O) groups excluding carboxylic acids is 2. The van der Waals surface area contributed by atoms with Crippen LogP contribution in [0, 0.1) is 0 Å². The molecule has 0 amide bonds. The van der Waals surface area contributed by atoms with Crippen LogP contribution in [0.5, 0.6) is 5.75 Å². The predicted octanol–water partition coefficient (Wildman–Crippen LogP) is -0.243. The second-order valence-electron chi connectivity index (χ2n) is 1.48. The summed E-state index contributed by atoms with van der Waals surface area (Å²) in [5.74, 6) is 0.144. The van der Waals surface area contributed by atoms with E-state index in [-0.39, 0.29) is 17.9 Å². The molecule has 0 unspecified atom stereocenters. The zero-order chi connectivity index (χ0) is 7.40. The standard InChI is InChI=1S/C5H4N2O3/c8-2-4-5(10-3-9)1-6-7-4/h1-3H,(H,6,7). The molecule has 52 valence electrons. The second-order valence-corrected chi connectivity index (χ2v) is 1.48. The van der Waals surface area contributed by atoms with Crippen LogP contribution in [0.15, 0.2) is 6.20 Å². The molecule has 5 nitrogen and oxygen atoms in total. The molecule has 1 rings (SSSR count). The van der Waals surface area contributed by atoms with Crippen molar-refractivity contribution in [1.82, 2.24) is 10.2 Å². The number of hydrogen-bond donors (Lipinski definition) is 1. The van der Waals surface area contributed by atoms with Crippen molar-refractivity contribution >= 4 is 12.8 Å². The van der Waals surface area contributed by atoms with Gasteiger partial charge in [0.2, 0.25) is 0 Å². The van der Waals surface area contributed by atoms with E-state index < -0.39 is 0 Å². The molecule has 0 aromatic carbocycles. The van der Waals surface area contributed by atoms with Gasteiger partial charge < -0.3 is 4.74 Å². The summed E-state index contributed by atoms with van der Waals surface area (Å²) in [6.45, 7) is 0.234. The summed E-state index contributed by atoms with van der Waals surface area (Å²) in [6, 6.07) is 0. The fraction of sp³-hybridized carbons (Fsp3) is 0. The summed E-state index contributed by atoms with van der Waals surface area (Å²) in [5.41, 5.74) is 0.159. The van der Waals surface area contributed by atoms with Gasteiger partial charge in [0.1, 0.15) is 5.69 Å². The molecule has 0 saturated carbocycles. The van der Waals surface area contributed by atoms with Crippen molar-refractivity contribution < 1.29 is 14.3 Å². The van der Waals surface area contributed by atoms with E-state index in [0.29, 0.717) is 6.29 Å². The lowest BCUT2D eigenvalue weighted by Crippen LogP contribution is -1.90. The Morgan fingerprint density at radius 1 is 1.60 bits per heavy atom. The van der Waals surface area contributed by atoms with Crippen LogP contribution in [0.1, 0.15) is 10.5 Å². The number of ether oxygens (including phenoxy) is 1. The number of aromatic nitrogens is 2. The number of H-pyrrole nitrogens is 1. The third-order valence-corrected chi connectivity index (χ3v) is 0.925. The number of carbonyl (C=O) groups is 2. The average molecular weight is 140 g/mol. The highest BCUT2D eigenvalue weighted by Gasteiger charge is 2.02. The van der Waals surface area contributed by atoms with Gasteiger partial charge in [0.15, 0.2) is 12.0 Å². The lowest BCUT2D eigenvalue weighted by Gasteiger charge is -1.88. The first-order chi connectivity index (χ1) is 4.88. The van der Waals surface area contributed by atoms with Gasteiger partial charge in [0.25, 0.3) is 6.47 Å². The normalized spacial score (nSPS) is 8.80. The van der Waals surface area contributed by atoms with Crippen LogP contribution in [0.4, 0.5) is 0 Å². The van der Waals surface area contributed by atoms with Crippen molar-refractivity contribution in [2.45, 2.75) is 0 Å². The summed E-state index contributed by atoms with van der Waals surface area (Å²) in [4.78, 5) is 19.9. The maximum atomic E-state index is 10.1. The molecule has 1 aromatic heterocycles. The van der Waals surface area contributed by atoms with Crippen LogP contribution < -0.4 is 4.74 Å². The minimum Gasteiger partial charge on any atom is -0.425 e. The Balaban J connectivity index is 2.89. The number of rotatable bonds is 3. The van der Waals surface area contributed by atoms with Gasteiger partial charge in [-0.15, -0.1) is 0 Å². The Kier molecular flexibility index (Phi) is 1.79. The van der Waals surface area contributed by atoms with Gasteiger partial charge >= 0.3 is 0 Å². The molecule has 1 aromatic rings. The molecule has 0 fully saturated rings. The van der Waals surface area contributed by atoms with E-state index in [1.54, 1.807) is 0 Å². The van der Waals surface area contributed by atoms with Gasteiger partial charge in [0, 0.05) is 0 Å². The third kappa shape index (κ3) is 1.02. The Morgan fingerprint density at radius 3 is 3.00 bits per heavy atom. The van der Waals surface area contributed by atoms with Gasteiger partial charge in [-0.05, 0) is 0 Å². The minimum absolute atomic E-state index is 0.144. The topological polar surface area (TPSA) is 72.0 Å². The quantitative estimate of drug-likeness (QED) is 0.588. The van der Waals surface area contributed by atoms with E-state index in [1.807, 2.05) is 0 Å². The van der Waals surface area contributed by atoms with Crippen molar-refractivity contribution in [3.63, 3.8) is 0 Å². The second kappa shape index (κ2) is 2.77. The van der Waals surface area contributed by atoms with Crippen LogP contribution in [-0.4, -0.2) is 23.0 Å². The Bertz CT molecular complexity index is 243. The van der Waals surface area contributed by atoms with Gasteiger partial charge in [-0.2, -0.15) is 5.10 Å². The fourth-order valence-electron chi connectivity index (χ4n) is 0.515. The molecule has 1 N–H and O–H groups in total. The molecule has 0 bridgehead atoms. The van der Waals surface area contributed by atoms with Crippen LogP contribution >= 0.6 is 0 Å². The average Bonchev–Trinajstić information content (AvgIpc) is 2.36. The summed E-state index contributed by atoms with van der Waals surface area (Å²) >= 11 is 0. The molecular formula is C5H4N2O3. The van der Waals surface area contributed by atoms with Crippen LogP contribution in [0.25, 0.3) is 0 Å². The number of nitrogens with zero attached hydrogens (tertiary/aromatic N) is 1. The molecule has 0 aliphatic carbocycles. The first-order valence-corrected chi connectivity index (χ1v) is 2.47. The van der Waals surface area contributed by atoms with Crippen LogP contribution in [0.3, 0.4) is 0 Å². The Hall–Kier alpha value is -1.65. The molecule has 0 radical (unpaired) electrons. The van der Waals surface area contributed by atoms with E-state index in [4.69, 9.17) is 0 Å². The van der Waals surface area contributed by atoms with Gasteiger partial charge in [-0.1, -0.05) is 0 Å².